The fourth-order valence-corrected chi connectivity index (χ4v) is 8.22. The van der Waals surface area contributed by atoms with E-state index in [2.05, 4.69) is 106 Å². The fourth-order valence-electron chi connectivity index (χ4n) is 5.80. The Balaban J connectivity index is 1.24. The number of aliphatic imine (C=N–C) groups is 1. The van der Waals surface area contributed by atoms with E-state index < -0.39 is 0 Å². The van der Waals surface area contributed by atoms with Gasteiger partial charge in [0.15, 0.2) is 5.04 Å². The molecule has 1 aliphatic heterocycles. The summed E-state index contributed by atoms with van der Waals surface area (Å²) in [5.74, 6) is -0.193. The van der Waals surface area contributed by atoms with E-state index in [1.807, 2.05) is 13.0 Å². The lowest BCUT2D eigenvalue weighted by atomic mass is 9.97. The Morgan fingerprint density at radius 1 is 0.723 bits per heavy atom. The SMILES string of the molecule is CCN1C(=O)C(=Nc2cc3c(cc(-c4ccc(N(c5ccc(C)cc5)c5ccc(C)cc5)cc4)c4nsnc43)c3nsnc23)SC1=S. The van der Waals surface area contributed by atoms with Crippen LogP contribution < -0.4 is 4.90 Å². The fraction of sp³-hybridized carbons (Fsp3) is 0.114. The van der Waals surface area contributed by atoms with Crippen molar-refractivity contribution in [2.45, 2.75) is 20.8 Å². The number of rotatable bonds is 6. The molecule has 0 saturated carbocycles. The highest BCUT2D eigenvalue weighted by atomic mass is 32.2. The van der Waals surface area contributed by atoms with Crippen molar-refractivity contribution in [1.82, 2.24) is 22.4 Å². The second-order valence-electron chi connectivity index (χ2n) is 11.2. The van der Waals surface area contributed by atoms with Crippen LogP contribution in [0.25, 0.3) is 44.0 Å². The normalized spacial score (nSPS) is 14.4. The van der Waals surface area contributed by atoms with Crippen molar-refractivity contribution in [3.8, 4) is 11.1 Å². The zero-order valence-corrected chi connectivity index (χ0v) is 28.7. The number of anilines is 3. The van der Waals surface area contributed by atoms with Crippen LogP contribution in [0.2, 0.25) is 0 Å². The van der Waals surface area contributed by atoms with Gasteiger partial charge < -0.3 is 4.90 Å². The van der Waals surface area contributed by atoms with Crippen LogP contribution in [0.5, 0.6) is 0 Å². The Hall–Kier alpha value is -4.62. The lowest BCUT2D eigenvalue weighted by Crippen LogP contribution is -2.29. The molecule has 0 bridgehead atoms. The number of benzene rings is 5. The Bertz CT molecular complexity index is 2340. The van der Waals surface area contributed by atoms with Gasteiger partial charge in [0.25, 0.3) is 5.91 Å². The first-order valence-corrected chi connectivity index (χ1v) is 17.6. The van der Waals surface area contributed by atoms with Gasteiger partial charge in [-0.1, -0.05) is 59.7 Å². The molecule has 1 saturated heterocycles. The zero-order chi connectivity index (χ0) is 32.2. The Morgan fingerprint density at radius 2 is 1.23 bits per heavy atom. The Labute approximate surface area is 288 Å². The Kier molecular flexibility index (Phi) is 7.52. The third-order valence-corrected chi connectivity index (χ3v) is 10.6. The number of carbonyl (C=O) groups is 1. The van der Waals surface area contributed by atoms with Gasteiger partial charge >= 0.3 is 0 Å². The molecule has 0 unspecified atom stereocenters. The summed E-state index contributed by atoms with van der Waals surface area (Å²) in [5, 5.41) is 2.11. The van der Waals surface area contributed by atoms with Gasteiger partial charge in [-0.25, -0.2) is 4.99 Å². The Morgan fingerprint density at radius 3 is 1.81 bits per heavy atom. The van der Waals surface area contributed by atoms with E-state index >= 15 is 0 Å². The third-order valence-electron chi connectivity index (χ3n) is 8.24. The molecular weight excluding hydrogens is 663 g/mol. The van der Waals surface area contributed by atoms with Crippen LogP contribution in [0.4, 0.5) is 22.7 Å². The minimum Gasteiger partial charge on any atom is -0.311 e. The van der Waals surface area contributed by atoms with Gasteiger partial charge in [0, 0.05) is 39.9 Å². The van der Waals surface area contributed by atoms with Crippen LogP contribution in [0.15, 0.2) is 89.9 Å². The number of thiocarbonyl (C=S) groups is 1. The van der Waals surface area contributed by atoms with Crippen LogP contribution >= 0.6 is 47.4 Å². The topological polar surface area (TPSA) is 87.5 Å². The number of aromatic nitrogens is 4. The number of amides is 1. The zero-order valence-electron chi connectivity index (χ0n) is 25.5. The predicted molar refractivity (Wildman–Crippen MR) is 200 cm³/mol. The smallest absolute Gasteiger partial charge is 0.284 e. The van der Waals surface area contributed by atoms with E-state index in [1.165, 1.54) is 34.6 Å². The summed E-state index contributed by atoms with van der Waals surface area (Å²) in [6.45, 7) is 6.59. The standard InChI is InChI=1S/C35H25N7OS4/c1-4-41-34(43)33(45-35(41)44)36-28-18-27-26(31-32(28)40-47-39-31)17-25(29-30(27)38-46-37-29)21-9-15-24(16-10-21)42(22-11-5-19(2)6-12-22)23-13-7-20(3)8-14-23/h5-18H,4H2,1-3H3. The summed E-state index contributed by atoms with van der Waals surface area (Å²) in [5.41, 5.74) is 11.1. The number of hydrogen-bond donors (Lipinski definition) is 0. The molecule has 1 aliphatic rings. The number of carbonyl (C=O) groups excluding carboxylic acids is 1. The van der Waals surface area contributed by atoms with E-state index in [0.29, 0.717) is 27.1 Å². The van der Waals surface area contributed by atoms with Gasteiger partial charge in [0.2, 0.25) is 0 Å². The maximum Gasteiger partial charge on any atom is 0.284 e. The highest BCUT2D eigenvalue weighted by Crippen LogP contribution is 2.42. The quantitative estimate of drug-likeness (QED) is 0.160. The third kappa shape index (κ3) is 5.17. The van der Waals surface area contributed by atoms with Crippen LogP contribution in [0, 0.1) is 13.8 Å². The number of nitrogens with zero attached hydrogens (tertiary/aromatic N) is 7. The van der Waals surface area contributed by atoms with Gasteiger partial charge in [-0.05, 0) is 86.6 Å². The first-order valence-electron chi connectivity index (χ1n) is 14.9. The molecule has 8 rings (SSSR count). The van der Waals surface area contributed by atoms with Crippen molar-refractivity contribution in [2.24, 2.45) is 4.99 Å². The minimum absolute atomic E-state index is 0.193. The van der Waals surface area contributed by atoms with Gasteiger partial charge in [0.1, 0.15) is 26.4 Å². The van der Waals surface area contributed by atoms with Crippen molar-refractivity contribution in [2.75, 3.05) is 11.4 Å². The molecule has 0 N–H and O–H groups in total. The molecule has 0 spiro atoms. The molecule has 1 amide bonds. The number of aryl methyl sites for hydroxylation is 2. The van der Waals surface area contributed by atoms with Gasteiger partial charge in [-0.3, -0.25) is 9.69 Å². The first-order chi connectivity index (χ1) is 22.9. The van der Waals surface area contributed by atoms with Crippen LogP contribution in [-0.4, -0.2) is 44.2 Å². The lowest BCUT2D eigenvalue weighted by molar-refractivity contribution is -0.119. The molecule has 1 fully saturated rings. The highest BCUT2D eigenvalue weighted by molar-refractivity contribution is 8.35. The molecule has 0 radical (unpaired) electrons. The maximum atomic E-state index is 12.9. The second kappa shape index (κ2) is 11.9. The van der Waals surface area contributed by atoms with Gasteiger partial charge in [0.05, 0.1) is 29.1 Å². The van der Waals surface area contributed by atoms with E-state index in [0.717, 1.165) is 67.2 Å². The number of fused-ring (bicyclic) bond motifs is 5. The van der Waals surface area contributed by atoms with E-state index in [1.54, 1.807) is 4.90 Å². The molecular formula is C35H25N7OS4. The number of thioether (sulfide) groups is 1. The molecule has 0 atom stereocenters. The molecule has 230 valence electrons. The van der Waals surface area contributed by atoms with E-state index in [4.69, 9.17) is 26.0 Å². The van der Waals surface area contributed by atoms with Crippen LogP contribution in [0.3, 0.4) is 0 Å². The van der Waals surface area contributed by atoms with Crippen molar-refractivity contribution in [3.05, 3.63) is 96.1 Å². The van der Waals surface area contributed by atoms with Crippen LogP contribution in [0.1, 0.15) is 18.1 Å². The summed E-state index contributed by atoms with van der Waals surface area (Å²) in [6.07, 6.45) is 0. The van der Waals surface area contributed by atoms with Crippen LogP contribution in [-0.2, 0) is 4.79 Å². The highest BCUT2D eigenvalue weighted by Gasteiger charge is 2.33. The second-order valence-corrected chi connectivity index (χ2v) is 13.9. The molecule has 47 heavy (non-hydrogen) atoms. The van der Waals surface area contributed by atoms with Crippen molar-refractivity contribution < 1.29 is 4.79 Å². The summed E-state index contributed by atoms with van der Waals surface area (Å²) in [7, 11) is 0. The molecule has 3 heterocycles. The monoisotopic (exact) mass is 687 g/mol. The molecule has 0 aliphatic carbocycles. The van der Waals surface area contributed by atoms with Gasteiger partial charge in [-0.15, -0.1) is 0 Å². The van der Waals surface area contributed by atoms with Crippen molar-refractivity contribution >= 4 is 118 Å². The molecule has 7 aromatic rings. The summed E-state index contributed by atoms with van der Waals surface area (Å²) >= 11 is 8.90. The van der Waals surface area contributed by atoms with E-state index in [9.17, 15) is 4.79 Å². The summed E-state index contributed by atoms with van der Waals surface area (Å²) in [4.78, 5) is 21.5. The molecule has 12 heteroatoms. The van der Waals surface area contributed by atoms with E-state index in [-0.39, 0.29) is 5.91 Å². The minimum atomic E-state index is -0.193. The van der Waals surface area contributed by atoms with Crippen molar-refractivity contribution in [1.29, 1.82) is 0 Å². The average molecular weight is 688 g/mol. The van der Waals surface area contributed by atoms with Gasteiger partial charge in [-0.2, -0.15) is 17.5 Å². The largest absolute Gasteiger partial charge is 0.311 e. The molecule has 8 nitrogen and oxygen atoms in total. The maximum absolute atomic E-state index is 12.9. The van der Waals surface area contributed by atoms with Crippen molar-refractivity contribution in [3.63, 3.8) is 0 Å². The molecule has 2 aromatic heterocycles. The predicted octanol–water partition coefficient (Wildman–Crippen LogP) is 9.51. The number of hydrogen-bond acceptors (Lipinski definition) is 11. The first kappa shape index (κ1) is 29.8. The lowest BCUT2D eigenvalue weighted by Gasteiger charge is -2.26. The molecule has 5 aromatic carbocycles. The summed E-state index contributed by atoms with van der Waals surface area (Å²) < 4.78 is 19.2. The summed E-state index contributed by atoms with van der Waals surface area (Å²) in [6, 6.07) is 29.8. The average Bonchev–Trinajstić information content (AvgIpc) is 3.83.